The topological polar surface area (TPSA) is 29.9 Å². The number of aromatic nitrogens is 2. The first-order valence-corrected chi connectivity index (χ1v) is 6.11. The monoisotopic (exact) mass is 211 g/mol. The van der Waals surface area contributed by atoms with Gasteiger partial charge < -0.3 is 5.32 Å². The summed E-state index contributed by atoms with van der Waals surface area (Å²) in [4.78, 5) is 0. The second-order valence-corrected chi connectivity index (χ2v) is 4.02. The fraction of sp³-hybridized carbons (Fsp3) is 0.500. The quantitative estimate of drug-likeness (QED) is 0.698. The average Bonchev–Trinajstić information content (AvgIpc) is 2.65. The minimum absolute atomic E-state index is 0.891. The summed E-state index contributed by atoms with van der Waals surface area (Å²) in [6.45, 7) is 5.60. The fourth-order valence-corrected chi connectivity index (χ4v) is 1.58. The van der Waals surface area contributed by atoms with E-state index in [2.05, 4.69) is 23.3 Å². The van der Waals surface area contributed by atoms with Crippen molar-refractivity contribution in [3.63, 3.8) is 0 Å². The summed E-state index contributed by atoms with van der Waals surface area (Å²) in [6.07, 6.45) is 8.89. The van der Waals surface area contributed by atoms with Crippen molar-refractivity contribution in [1.82, 2.24) is 15.1 Å². The predicted octanol–water partition coefficient (Wildman–Crippen LogP) is 1.83. The summed E-state index contributed by atoms with van der Waals surface area (Å²) >= 11 is 1.89. The van der Waals surface area contributed by atoms with Crippen molar-refractivity contribution in [2.45, 2.75) is 13.0 Å². The van der Waals surface area contributed by atoms with Crippen molar-refractivity contribution >= 4 is 18.0 Å². The fourth-order valence-electron chi connectivity index (χ4n) is 1.14. The molecule has 3 nitrogen and oxygen atoms in total. The molecule has 1 N–H and O–H groups in total. The molecular weight excluding hydrogens is 194 g/mol. The first kappa shape index (κ1) is 11.3. The lowest BCUT2D eigenvalue weighted by molar-refractivity contribution is 0.679. The normalized spacial score (nSPS) is 10.4. The van der Waals surface area contributed by atoms with Crippen LogP contribution in [0.15, 0.2) is 19.0 Å². The van der Waals surface area contributed by atoms with Crippen molar-refractivity contribution in [3.8, 4) is 0 Å². The molecule has 0 aromatic carbocycles. The third-order valence-corrected chi connectivity index (χ3v) is 2.57. The number of hydrogen-bond donors (Lipinski definition) is 1. The molecule has 4 heteroatoms. The van der Waals surface area contributed by atoms with E-state index in [4.69, 9.17) is 0 Å². The Morgan fingerprint density at radius 2 is 2.57 bits per heavy atom. The van der Waals surface area contributed by atoms with Gasteiger partial charge in [0.1, 0.15) is 0 Å². The van der Waals surface area contributed by atoms with E-state index in [1.54, 1.807) is 10.9 Å². The molecule has 0 unspecified atom stereocenters. The number of thioether (sulfide) groups is 1. The van der Waals surface area contributed by atoms with Gasteiger partial charge in [-0.1, -0.05) is 6.58 Å². The average molecular weight is 211 g/mol. The van der Waals surface area contributed by atoms with Crippen LogP contribution in [-0.2, 0) is 6.54 Å². The third kappa shape index (κ3) is 3.98. The van der Waals surface area contributed by atoms with Crippen molar-refractivity contribution < 1.29 is 0 Å². The van der Waals surface area contributed by atoms with E-state index in [-0.39, 0.29) is 0 Å². The van der Waals surface area contributed by atoms with Crippen LogP contribution in [0.1, 0.15) is 12.0 Å². The van der Waals surface area contributed by atoms with Gasteiger partial charge in [-0.2, -0.15) is 16.9 Å². The zero-order valence-electron chi connectivity index (χ0n) is 8.57. The Balaban J connectivity index is 2.14. The van der Waals surface area contributed by atoms with Gasteiger partial charge in [0.25, 0.3) is 0 Å². The van der Waals surface area contributed by atoms with E-state index in [1.165, 1.54) is 17.7 Å². The third-order valence-electron chi connectivity index (χ3n) is 1.87. The maximum atomic E-state index is 4.10. The molecule has 14 heavy (non-hydrogen) atoms. The maximum absolute atomic E-state index is 4.10. The van der Waals surface area contributed by atoms with Gasteiger partial charge in [-0.3, -0.25) is 0 Å². The smallest absolute Gasteiger partial charge is 0.0538 e. The van der Waals surface area contributed by atoms with Crippen molar-refractivity contribution in [2.24, 2.45) is 0 Å². The summed E-state index contributed by atoms with van der Waals surface area (Å²) in [6, 6.07) is 0. The highest BCUT2D eigenvalue weighted by molar-refractivity contribution is 7.98. The summed E-state index contributed by atoms with van der Waals surface area (Å²) < 4.78 is 1.72. The Bertz CT molecular complexity index is 270. The molecule has 0 radical (unpaired) electrons. The molecule has 0 aliphatic carbocycles. The van der Waals surface area contributed by atoms with Crippen LogP contribution in [0.2, 0.25) is 0 Å². The minimum atomic E-state index is 0.891. The minimum Gasteiger partial charge on any atom is -0.313 e. The second-order valence-electron chi connectivity index (χ2n) is 3.03. The highest BCUT2D eigenvalue weighted by Gasteiger charge is 1.95. The van der Waals surface area contributed by atoms with Gasteiger partial charge in [-0.25, -0.2) is 4.68 Å². The molecule has 1 rings (SSSR count). The Hall–Kier alpha value is -0.740. The Morgan fingerprint density at radius 3 is 3.21 bits per heavy atom. The first-order valence-electron chi connectivity index (χ1n) is 4.72. The predicted molar refractivity (Wildman–Crippen MR) is 63.3 cm³/mol. The van der Waals surface area contributed by atoms with Gasteiger partial charge in [0, 0.05) is 24.5 Å². The summed E-state index contributed by atoms with van der Waals surface area (Å²) in [5, 5.41) is 7.48. The van der Waals surface area contributed by atoms with Crippen LogP contribution >= 0.6 is 11.8 Å². The van der Waals surface area contributed by atoms with E-state index in [1.807, 2.05) is 24.2 Å². The number of nitrogens with one attached hydrogen (secondary N) is 1. The van der Waals surface area contributed by atoms with Gasteiger partial charge in [0.05, 0.1) is 6.20 Å². The summed E-state index contributed by atoms with van der Waals surface area (Å²) in [5.41, 5.74) is 1.20. The lowest BCUT2D eigenvalue weighted by Gasteiger charge is -2.00. The second kappa shape index (κ2) is 6.68. The van der Waals surface area contributed by atoms with E-state index in [0.29, 0.717) is 0 Å². The zero-order valence-corrected chi connectivity index (χ0v) is 9.39. The zero-order chi connectivity index (χ0) is 10.2. The molecule has 78 valence electrons. The molecule has 0 atom stereocenters. The van der Waals surface area contributed by atoms with Crippen molar-refractivity contribution in [3.05, 3.63) is 24.5 Å². The lowest BCUT2D eigenvalue weighted by Crippen LogP contribution is -2.14. The summed E-state index contributed by atoms with van der Waals surface area (Å²) in [5.74, 6) is 1.22. The number of rotatable bonds is 7. The highest BCUT2D eigenvalue weighted by atomic mass is 32.2. The molecule has 0 fully saturated rings. The van der Waals surface area contributed by atoms with Crippen LogP contribution in [0, 0.1) is 0 Å². The van der Waals surface area contributed by atoms with Crippen molar-refractivity contribution in [1.29, 1.82) is 0 Å². The van der Waals surface area contributed by atoms with E-state index < -0.39 is 0 Å². The van der Waals surface area contributed by atoms with Gasteiger partial charge in [0.2, 0.25) is 0 Å². The van der Waals surface area contributed by atoms with Crippen molar-refractivity contribution in [2.75, 3.05) is 18.6 Å². The molecule has 1 aromatic heterocycles. The Labute approximate surface area is 89.6 Å². The lowest BCUT2D eigenvalue weighted by atomic mass is 10.3. The highest BCUT2D eigenvalue weighted by Crippen LogP contribution is 1.98. The SMILES string of the molecule is C=Cn1cc(CNCCCSC)cn1. The largest absolute Gasteiger partial charge is 0.313 e. The first-order chi connectivity index (χ1) is 6.86. The summed E-state index contributed by atoms with van der Waals surface area (Å²) in [7, 11) is 0. The molecule has 0 saturated heterocycles. The molecule has 0 spiro atoms. The molecule has 0 aliphatic rings. The van der Waals surface area contributed by atoms with E-state index >= 15 is 0 Å². The molecule has 0 aliphatic heterocycles. The van der Waals surface area contributed by atoms with E-state index in [0.717, 1.165) is 13.1 Å². The van der Waals surface area contributed by atoms with Crippen LogP contribution in [0.5, 0.6) is 0 Å². The van der Waals surface area contributed by atoms with Crippen LogP contribution in [0.3, 0.4) is 0 Å². The number of hydrogen-bond acceptors (Lipinski definition) is 3. The molecule has 1 heterocycles. The maximum Gasteiger partial charge on any atom is 0.0538 e. The molecular formula is C10H17N3S. The van der Waals surface area contributed by atoms with Gasteiger partial charge in [-0.05, 0) is 25.0 Å². The number of nitrogens with zero attached hydrogens (tertiary/aromatic N) is 2. The standard InChI is InChI=1S/C10H17N3S/c1-3-13-9-10(8-12-13)7-11-5-4-6-14-2/h3,8-9,11H,1,4-7H2,2H3. The van der Waals surface area contributed by atoms with Crippen LogP contribution in [0.25, 0.3) is 6.20 Å². The van der Waals surface area contributed by atoms with Gasteiger partial charge in [0.15, 0.2) is 0 Å². The van der Waals surface area contributed by atoms with Crippen LogP contribution < -0.4 is 5.32 Å². The van der Waals surface area contributed by atoms with Gasteiger partial charge >= 0.3 is 0 Å². The van der Waals surface area contributed by atoms with Gasteiger partial charge in [-0.15, -0.1) is 0 Å². The molecule has 0 bridgehead atoms. The van der Waals surface area contributed by atoms with Crippen LogP contribution in [0.4, 0.5) is 0 Å². The molecule has 0 saturated carbocycles. The Morgan fingerprint density at radius 1 is 1.71 bits per heavy atom. The Kier molecular flexibility index (Phi) is 5.40. The van der Waals surface area contributed by atoms with Crippen LogP contribution in [-0.4, -0.2) is 28.3 Å². The van der Waals surface area contributed by atoms with E-state index in [9.17, 15) is 0 Å². The molecule has 0 amide bonds. The molecule has 1 aromatic rings.